The van der Waals surface area contributed by atoms with Gasteiger partial charge in [0.2, 0.25) is 0 Å². The van der Waals surface area contributed by atoms with Crippen LogP contribution in [0.5, 0.6) is 11.5 Å². The fraction of sp³-hybridized carbons (Fsp3) is 0.263. The Morgan fingerprint density at radius 3 is 2.46 bits per heavy atom. The lowest BCUT2D eigenvalue weighted by molar-refractivity contribution is -0.125. The first-order valence-electron chi connectivity index (χ1n) is 8.08. The van der Waals surface area contributed by atoms with Gasteiger partial charge in [-0.1, -0.05) is 41.6 Å². The molecule has 1 amide bonds. The molecular weight excluding hydrogens is 334 g/mol. The van der Waals surface area contributed by atoms with E-state index < -0.39 is 0 Å². The van der Waals surface area contributed by atoms with E-state index >= 15 is 0 Å². The van der Waals surface area contributed by atoms with E-state index in [0.29, 0.717) is 30.3 Å². The first kappa shape index (κ1) is 19.1. The number of nitrogens with two attached hydrogens (primary N) is 1. The molecule has 0 aromatic heterocycles. The van der Waals surface area contributed by atoms with E-state index in [9.17, 15) is 4.79 Å². The molecule has 0 fully saturated rings. The summed E-state index contributed by atoms with van der Waals surface area (Å²) in [6, 6.07) is 15.1. The summed E-state index contributed by atoms with van der Waals surface area (Å²) in [7, 11) is 3.13. The maximum Gasteiger partial charge on any atom is 0.261 e. The van der Waals surface area contributed by atoms with Crippen molar-refractivity contribution in [3.8, 4) is 11.5 Å². The molecule has 138 valence electrons. The highest BCUT2D eigenvalue weighted by Gasteiger charge is 2.07. The zero-order chi connectivity index (χ0) is 18.8. The number of benzene rings is 2. The van der Waals surface area contributed by atoms with E-state index in [0.717, 1.165) is 11.1 Å². The number of nitrogens with one attached hydrogen (secondary N) is 1. The first-order chi connectivity index (χ1) is 12.6. The van der Waals surface area contributed by atoms with Crippen molar-refractivity contribution in [2.24, 2.45) is 10.9 Å². The fourth-order valence-corrected chi connectivity index (χ4v) is 2.25. The van der Waals surface area contributed by atoms with Gasteiger partial charge in [-0.2, -0.15) is 0 Å². The van der Waals surface area contributed by atoms with Gasteiger partial charge >= 0.3 is 0 Å². The van der Waals surface area contributed by atoms with Crippen LogP contribution < -0.4 is 20.5 Å². The van der Waals surface area contributed by atoms with Crippen molar-refractivity contribution in [2.75, 3.05) is 20.8 Å². The Labute approximate surface area is 152 Å². The Hall–Kier alpha value is -3.22. The summed E-state index contributed by atoms with van der Waals surface area (Å²) in [5.41, 5.74) is 7.69. The number of methoxy groups -OCH3 is 2. The smallest absolute Gasteiger partial charge is 0.261 e. The topological polar surface area (TPSA) is 95.2 Å². The fourth-order valence-electron chi connectivity index (χ4n) is 2.25. The summed E-state index contributed by atoms with van der Waals surface area (Å²) in [5, 5.41) is 6.50. The number of oxime groups is 1. The second kappa shape index (κ2) is 9.93. The second-order valence-corrected chi connectivity index (χ2v) is 5.48. The number of nitrogens with zero attached hydrogens (tertiary/aromatic N) is 1. The summed E-state index contributed by atoms with van der Waals surface area (Å²) in [4.78, 5) is 16.8. The van der Waals surface area contributed by atoms with Crippen molar-refractivity contribution >= 4 is 11.7 Å². The molecule has 2 aromatic rings. The van der Waals surface area contributed by atoms with E-state index in [-0.39, 0.29) is 12.5 Å². The third kappa shape index (κ3) is 6.01. The van der Waals surface area contributed by atoms with E-state index in [1.54, 1.807) is 26.4 Å². The van der Waals surface area contributed by atoms with Crippen molar-refractivity contribution in [1.29, 1.82) is 0 Å². The number of carbonyl (C=O) groups excluding carboxylic acids is 1. The zero-order valence-corrected chi connectivity index (χ0v) is 14.9. The van der Waals surface area contributed by atoms with E-state index in [2.05, 4.69) is 10.5 Å². The number of rotatable bonds is 9. The van der Waals surface area contributed by atoms with Crippen LogP contribution in [0.2, 0.25) is 0 Å². The van der Waals surface area contributed by atoms with Gasteiger partial charge in [0.1, 0.15) is 5.84 Å². The van der Waals surface area contributed by atoms with Crippen molar-refractivity contribution in [3.05, 3.63) is 59.7 Å². The highest BCUT2D eigenvalue weighted by molar-refractivity contribution is 5.82. The second-order valence-electron chi connectivity index (χ2n) is 5.48. The molecule has 0 aliphatic carbocycles. The van der Waals surface area contributed by atoms with Gasteiger partial charge in [0.15, 0.2) is 18.1 Å². The Kier molecular flexibility index (Phi) is 7.30. The van der Waals surface area contributed by atoms with Gasteiger partial charge < -0.3 is 25.4 Å². The Bertz CT molecular complexity index is 748. The van der Waals surface area contributed by atoms with Gasteiger partial charge in [-0.05, 0) is 23.3 Å². The molecule has 3 N–H and O–H groups in total. The maximum atomic E-state index is 11.8. The summed E-state index contributed by atoms with van der Waals surface area (Å²) < 4.78 is 10.4. The van der Waals surface area contributed by atoms with Gasteiger partial charge in [0.25, 0.3) is 5.91 Å². The van der Waals surface area contributed by atoms with Crippen molar-refractivity contribution in [2.45, 2.75) is 13.0 Å². The molecule has 0 unspecified atom stereocenters. The molecule has 0 atom stereocenters. The minimum absolute atomic E-state index is 0.206. The normalized spacial score (nSPS) is 10.9. The number of hydrogen-bond donors (Lipinski definition) is 2. The predicted molar refractivity (Wildman–Crippen MR) is 99.1 cm³/mol. The van der Waals surface area contributed by atoms with Crippen LogP contribution in [-0.4, -0.2) is 32.6 Å². The van der Waals surface area contributed by atoms with Gasteiger partial charge in [-0.25, -0.2) is 0 Å². The molecule has 7 nitrogen and oxygen atoms in total. The molecule has 0 spiro atoms. The summed E-state index contributed by atoms with van der Waals surface area (Å²) in [6.45, 7) is 0.133. The third-order valence-corrected chi connectivity index (χ3v) is 3.54. The van der Waals surface area contributed by atoms with Gasteiger partial charge in [-0.3, -0.25) is 4.79 Å². The predicted octanol–water partition coefficient (Wildman–Crippen LogP) is 1.85. The van der Waals surface area contributed by atoms with Crippen LogP contribution in [0.3, 0.4) is 0 Å². The summed E-state index contributed by atoms with van der Waals surface area (Å²) in [5.74, 6) is 1.25. The van der Waals surface area contributed by atoms with Gasteiger partial charge in [-0.15, -0.1) is 0 Å². The lowest BCUT2D eigenvalue weighted by Crippen LogP contribution is -2.27. The van der Waals surface area contributed by atoms with Crippen LogP contribution in [0, 0.1) is 0 Å². The molecule has 2 rings (SSSR count). The molecule has 2 aromatic carbocycles. The Morgan fingerprint density at radius 1 is 1.04 bits per heavy atom. The molecule has 0 saturated carbocycles. The van der Waals surface area contributed by atoms with E-state index in [1.807, 2.05) is 36.4 Å². The van der Waals surface area contributed by atoms with Gasteiger partial charge in [0, 0.05) is 13.0 Å². The quantitative estimate of drug-likeness (QED) is 0.406. The molecule has 0 heterocycles. The zero-order valence-electron chi connectivity index (χ0n) is 14.9. The number of amides is 1. The molecule has 0 aliphatic rings. The van der Waals surface area contributed by atoms with Crippen LogP contribution >= 0.6 is 0 Å². The Morgan fingerprint density at radius 2 is 1.77 bits per heavy atom. The largest absolute Gasteiger partial charge is 0.493 e. The number of hydrogen-bond acceptors (Lipinski definition) is 5. The molecule has 0 aliphatic heterocycles. The lowest BCUT2D eigenvalue weighted by atomic mass is 10.1. The monoisotopic (exact) mass is 357 g/mol. The molecule has 0 radical (unpaired) electrons. The van der Waals surface area contributed by atoms with Crippen LogP contribution in [0.1, 0.15) is 11.1 Å². The van der Waals surface area contributed by atoms with Crippen molar-refractivity contribution < 1.29 is 19.1 Å². The third-order valence-electron chi connectivity index (χ3n) is 3.54. The molecule has 26 heavy (non-hydrogen) atoms. The maximum absolute atomic E-state index is 11.8. The van der Waals surface area contributed by atoms with Crippen molar-refractivity contribution in [1.82, 2.24) is 5.32 Å². The summed E-state index contributed by atoms with van der Waals surface area (Å²) in [6.07, 6.45) is 0.466. The number of carbonyl (C=O) groups is 1. The van der Waals surface area contributed by atoms with Crippen molar-refractivity contribution in [3.63, 3.8) is 0 Å². The molecule has 0 bridgehead atoms. The minimum Gasteiger partial charge on any atom is -0.493 e. The van der Waals surface area contributed by atoms with Crippen LogP contribution in [0.15, 0.2) is 53.7 Å². The summed E-state index contributed by atoms with van der Waals surface area (Å²) >= 11 is 0. The number of amidine groups is 1. The first-order valence-corrected chi connectivity index (χ1v) is 8.08. The molecular formula is C19H23N3O4. The average molecular weight is 357 g/mol. The minimum atomic E-state index is -0.295. The highest BCUT2D eigenvalue weighted by Crippen LogP contribution is 2.27. The standard InChI is InChI=1S/C19H23N3O4/c1-24-16-9-8-15(10-17(16)25-2)12-21-19(23)13-26-22-18(20)11-14-6-4-3-5-7-14/h3-10H,11-13H2,1-2H3,(H2,20,22)(H,21,23). The van der Waals surface area contributed by atoms with E-state index in [1.165, 1.54) is 0 Å². The molecule has 0 saturated heterocycles. The van der Waals surface area contributed by atoms with Crippen LogP contribution in [0.25, 0.3) is 0 Å². The van der Waals surface area contributed by atoms with E-state index in [4.69, 9.17) is 20.0 Å². The van der Waals surface area contributed by atoms with Gasteiger partial charge in [0.05, 0.1) is 14.2 Å². The lowest BCUT2D eigenvalue weighted by Gasteiger charge is -2.10. The average Bonchev–Trinajstić information content (AvgIpc) is 2.66. The van der Waals surface area contributed by atoms with Crippen LogP contribution in [0.4, 0.5) is 0 Å². The molecule has 7 heteroatoms. The van der Waals surface area contributed by atoms with Crippen LogP contribution in [-0.2, 0) is 22.6 Å². The Balaban J connectivity index is 1.76. The SMILES string of the molecule is COc1ccc(CNC(=O)CO/N=C(/N)Cc2ccccc2)cc1OC. The highest BCUT2D eigenvalue weighted by atomic mass is 16.6. The number of ether oxygens (including phenoxy) is 2.